The van der Waals surface area contributed by atoms with Crippen LogP contribution in [0.3, 0.4) is 0 Å². The molecule has 0 fully saturated rings. The fourth-order valence-corrected chi connectivity index (χ4v) is 2.73. The molecule has 4 nitrogen and oxygen atoms in total. The van der Waals surface area contributed by atoms with E-state index in [1.165, 1.54) is 0 Å². The first-order valence-corrected chi connectivity index (χ1v) is 8.21. The standard InChI is InChI=1S/C18H28N2O2/c1-12(2)7-8-20-16-10-14(15(19)9-13(3)4)5-6-17(16)22-11-18(20)21/h5-6,10,12-13,15H,7-9,11,19H2,1-4H3. The van der Waals surface area contributed by atoms with Crippen molar-refractivity contribution < 1.29 is 9.53 Å². The largest absolute Gasteiger partial charge is 0.482 e. The Kier molecular flexibility index (Phi) is 5.46. The predicted molar refractivity (Wildman–Crippen MR) is 90.1 cm³/mol. The summed E-state index contributed by atoms with van der Waals surface area (Å²) >= 11 is 0. The zero-order valence-electron chi connectivity index (χ0n) is 14.1. The summed E-state index contributed by atoms with van der Waals surface area (Å²) in [5.74, 6) is 1.91. The third kappa shape index (κ3) is 4.01. The number of anilines is 1. The van der Waals surface area contributed by atoms with Gasteiger partial charge in [-0.25, -0.2) is 0 Å². The van der Waals surface area contributed by atoms with Crippen LogP contribution in [0.4, 0.5) is 5.69 Å². The van der Waals surface area contributed by atoms with Gasteiger partial charge in [0.1, 0.15) is 5.75 Å². The molecule has 1 aromatic rings. The van der Waals surface area contributed by atoms with Gasteiger partial charge in [-0.2, -0.15) is 0 Å². The van der Waals surface area contributed by atoms with Crippen LogP contribution in [0, 0.1) is 11.8 Å². The monoisotopic (exact) mass is 304 g/mol. The number of carbonyl (C=O) groups is 1. The second-order valence-corrected chi connectivity index (χ2v) is 6.98. The zero-order valence-corrected chi connectivity index (χ0v) is 14.1. The van der Waals surface area contributed by atoms with Gasteiger partial charge in [-0.1, -0.05) is 33.8 Å². The third-order valence-electron chi connectivity index (χ3n) is 4.01. The number of amides is 1. The molecular formula is C18H28N2O2. The van der Waals surface area contributed by atoms with Crippen molar-refractivity contribution in [3.05, 3.63) is 23.8 Å². The Morgan fingerprint density at radius 3 is 2.59 bits per heavy atom. The fourth-order valence-electron chi connectivity index (χ4n) is 2.73. The van der Waals surface area contributed by atoms with Gasteiger partial charge in [0.15, 0.2) is 6.61 Å². The van der Waals surface area contributed by atoms with E-state index in [0.29, 0.717) is 11.8 Å². The lowest BCUT2D eigenvalue weighted by Crippen LogP contribution is -2.40. The first-order chi connectivity index (χ1) is 10.4. The number of benzene rings is 1. The van der Waals surface area contributed by atoms with E-state index in [4.69, 9.17) is 10.5 Å². The van der Waals surface area contributed by atoms with Crippen molar-refractivity contribution in [3.63, 3.8) is 0 Å². The summed E-state index contributed by atoms with van der Waals surface area (Å²) in [5, 5.41) is 0. The number of nitrogens with two attached hydrogens (primary N) is 1. The summed E-state index contributed by atoms with van der Waals surface area (Å²) in [4.78, 5) is 14.0. The molecule has 1 heterocycles. The Hall–Kier alpha value is -1.55. The molecule has 0 saturated heterocycles. The summed E-state index contributed by atoms with van der Waals surface area (Å²) in [6.07, 6.45) is 1.91. The second-order valence-electron chi connectivity index (χ2n) is 6.98. The molecule has 1 aliphatic heterocycles. The molecule has 1 aliphatic rings. The Morgan fingerprint density at radius 2 is 1.95 bits per heavy atom. The van der Waals surface area contributed by atoms with Gasteiger partial charge in [0.2, 0.25) is 0 Å². The maximum absolute atomic E-state index is 12.2. The number of nitrogens with zero attached hydrogens (tertiary/aromatic N) is 1. The molecule has 0 spiro atoms. The molecule has 122 valence electrons. The van der Waals surface area contributed by atoms with Gasteiger partial charge >= 0.3 is 0 Å². The molecule has 2 N–H and O–H groups in total. The highest BCUT2D eigenvalue weighted by atomic mass is 16.5. The van der Waals surface area contributed by atoms with Gasteiger partial charge in [0, 0.05) is 12.6 Å². The van der Waals surface area contributed by atoms with Gasteiger partial charge in [0.25, 0.3) is 5.91 Å². The Morgan fingerprint density at radius 1 is 1.23 bits per heavy atom. The Labute approximate surface area is 133 Å². The van der Waals surface area contributed by atoms with Crippen molar-refractivity contribution in [3.8, 4) is 5.75 Å². The number of hydrogen-bond acceptors (Lipinski definition) is 3. The molecule has 0 aromatic heterocycles. The average molecular weight is 304 g/mol. The van der Waals surface area contributed by atoms with E-state index in [0.717, 1.165) is 36.4 Å². The van der Waals surface area contributed by atoms with Crippen LogP contribution in [0.15, 0.2) is 18.2 Å². The van der Waals surface area contributed by atoms with Crippen LogP contribution in [-0.2, 0) is 4.79 Å². The Balaban J connectivity index is 2.25. The summed E-state index contributed by atoms with van der Waals surface area (Å²) in [7, 11) is 0. The second kappa shape index (κ2) is 7.14. The van der Waals surface area contributed by atoms with Crippen molar-refractivity contribution in [1.82, 2.24) is 0 Å². The average Bonchev–Trinajstić information content (AvgIpc) is 2.44. The fraction of sp³-hybridized carbons (Fsp3) is 0.611. The first-order valence-electron chi connectivity index (χ1n) is 8.21. The molecule has 1 unspecified atom stereocenters. The minimum Gasteiger partial charge on any atom is -0.482 e. The smallest absolute Gasteiger partial charge is 0.265 e. The van der Waals surface area contributed by atoms with E-state index in [2.05, 4.69) is 27.7 Å². The van der Waals surface area contributed by atoms with Crippen LogP contribution >= 0.6 is 0 Å². The highest BCUT2D eigenvalue weighted by Crippen LogP contribution is 2.35. The van der Waals surface area contributed by atoms with E-state index in [1.54, 1.807) is 0 Å². The minimum absolute atomic E-state index is 0.00530. The Bertz CT molecular complexity index is 526. The molecule has 0 bridgehead atoms. The van der Waals surface area contributed by atoms with Crippen molar-refractivity contribution in [2.24, 2.45) is 17.6 Å². The summed E-state index contributed by atoms with van der Waals surface area (Å²) in [6, 6.07) is 5.98. The predicted octanol–water partition coefficient (Wildman–Crippen LogP) is 3.50. The minimum atomic E-state index is -0.00530. The maximum Gasteiger partial charge on any atom is 0.265 e. The lowest BCUT2D eigenvalue weighted by molar-refractivity contribution is -0.121. The van der Waals surface area contributed by atoms with Crippen LogP contribution in [-0.4, -0.2) is 19.1 Å². The summed E-state index contributed by atoms with van der Waals surface area (Å²) < 4.78 is 5.56. The van der Waals surface area contributed by atoms with E-state index < -0.39 is 0 Å². The van der Waals surface area contributed by atoms with E-state index in [1.807, 2.05) is 23.1 Å². The quantitative estimate of drug-likeness (QED) is 0.875. The van der Waals surface area contributed by atoms with Crippen molar-refractivity contribution >= 4 is 11.6 Å². The van der Waals surface area contributed by atoms with Crippen LogP contribution in [0.2, 0.25) is 0 Å². The lowest BCUT2D eigenvalue weighted by atomic mass is 9.97. The highest BCUT2D eigenvalue weighted by Gasteiger charge is 2.26. The summed E-state index contributed by atoms with van der Waals surface area (Å²) in [6.45, 7) is 9.53. The number of carbonyl (C=O) groups excluding carboxylic acids is 1. The van der Waals surface area contributed by atoms with Gasteiger partial charge in [-0.3, -0.25) is 4.79 Å². The van der Waals surface area contributed by atoms with E-state index in [-0.39, 0.29) is 18.6 Å². The zero-order chi connectivity index (χ0) is 16.3. The lowest BCUT2D eigenvalue weighted by Gasteiger charge is -2.31. The van der Waals surface area contributed by atoms with Gasteiger partial charge in [0.05, 0.1) is 5.69 Å². The summed E-state index contributed by atoms with van der Waals surface area (Å²) in [5.41, 5.74) is 8.23. The molecule has 0 aliphatic carbocycles. The van der Waals surface area contributed by atoms with Gasteiger partial charge < -0.3 is 15.4 Å². The van der Waals surface area contributed by atoms with Crippen LogP contribution in [0.25, 0.3) is 0 Å². The van der Waals surface area contributed by atoms with Crippen LogP contribution < -0.4 is 15.4 Å². The van der Waals surface area contributed by atoms with Crippen molar-refractivity contribution in [2.45, 2.75) is 46.6 Å². The number of hydrogen-bond donors (Lipinski definition) is 1. The first kappa shape index (κ1) is 16.8. The van der Waals surface area contributed by atoms with E-state index >= 15 is 0 Å². The number of fused-ring (bicyclic) bond motifs is 1. The molecule has 1 atom stereocenters. The molecule has 1 aromatic carbocycles. The normalized spacial score (nSPS) is 16.0. The topological polar surface area (TPSA) is 55.6 Å². The molecule has 0 saturated carbocycles. The highest BCUT2D eigenvalue weighted by molar-refractivity contribution is 5.97. The van der Waals surface area contributed by atoms with Crippen LogP contribution in [0.1, 0.15) is 52.1 Å². The molecular weight excluding hydrogens is 276 g/mol. The van der Waals surface area contributed by atoms with Gasteiger partial charge in [-0.15, -0.1) is 0 Å². The van der Waals surface area contributed by atoms with Gasteiger partial charge in [-0.05, 0) is 42.4 Å². The van der Waals surface area contributed by atoms with Crippen LogP contribution in [0.5, 0.6) is 5.75 Å². The molecule has 2 rings (SSSR count). The number of ether oxygens (including phenoxy) is 1. The molecule has 4 heteroatoms. The third-order valence-corrected chi connectivity index (χ3v) is 4.01. The number of rotatable bonds is 6. The SMILES string of the molecule is CC(C)CCN1C(=O)COc2ccc(C(N)CC(C)C)cc21. The van der Waals surface area contributed by atoms with Crippen molar-refractivity contribution in [2.75, 3.05) is 18.1 Å². The maximum atomic E-state index is 12.2. The molecule has 1 amide bonds. The van der Waals surface area contributed by atoms with Crippen molar-refractivity contribution in [1.29, 1.82) is 0 Å². The van der Waals surface area contributed by atoms with E-state index in [9.17, 15) is 4.79 Å². The molecule has 0 radical (unpaired) electrons. The molecule has 22 heavy (non-hydrogen) atoms.